The summed E-state index contributed by atoms with van der Waals surface area (Å²) in [5.74, 6) is -1.18. The number of likely N-dealkylation sites (tertiary alicyclic amines) is 1. The molecule has 1 fully saturated rings. The summed E-state index contributed by atoms with van der Waals surface area (Å²) in [6, 6.07) is 13.1. The number of rotatable bonds is 3. The van der Waals surface area contributed by atoms with Crippen LogP contribution in [0.4, 0.5) is 18.9 Å². The van der Waals surface area contributed by atoms with Crippen LogP contribution in [0, 0.1) is 0 Å². The zero-order valence-electron chi connectivity index (χ0n) is 14.9. The van der Waals surface area contributed by atoms with Gasteiger partial charge in [-0.3, -0.25) is 9.59 Å². The molecule has 2 amide bonds. The van der Waals surface area contributed by atoms with E-state index >= 15 is 0 Å². The molecule has 2 aliphatic heterocycles. The van der Waals surface area contributed by atoms with Crippen LogP contribution in [0.25, 0.3) is 5.57 Å². The third-order valence-corrected chi connectivity index (χ3v) is 4.98. The Labute approximate surface area is 159 Å². The lowest BCUT2D eigenvalue weighted by Crippen LogP contribution is -2.34. The molecule has 144 valence electrons. The number of anilines is 1. The Morgan fingerprint density at radius 1 is 0.821 bits per heavy atom. The minimum Gasteiger partial charge on any atom is -0.366 e. The highest BCUT2D eigenvalue weighted by molar-refractivity contribution is 6.45. The average molecular weight is 386 g/mol. The van der Waals surface area contributed by atoms with Gasteiger partial charge in [0.15, 0.2) is 0 Å². The van der Waals surface area contributed by atoms with Crippen molar-refractivity contribution >= 4 is 23.1 Å². The van der Waals surface area contributed by atoms with Gasteiger partial charge in [-0.2, -0.15) is 13.2 Å². The normalized spacial score (nSPS) is 17.8. The van der Waals surface area contributed by atoms with E-state index in [1.165, 1.54) is 12.1 Å². The van der Waals surface area contributed by atoms with Crippen LogP contribution in [0.15, 0.2) is 60.3 Å². The highest BCUT2D eigenvalue weighted by Gasteiger charge is 2.43. The zero-order valence-corrected chi connectivity index (χ0v) is 14.9. The van der Waals surface area contributed by atoms with Crippen LogP contribution >= 0.6 is 0 Å². The molecule has 7 heteroatoms. The molecule has 2 aliphatic rings. The molecule has 4 nitrogen and oxygen atoms in total. The Bertz CT molecular complexity index is 961. The first kappa shape index (κ1) is 18.3. The molecule has 0 bridgehead atoms. The standard InChI is InChI=1S/C21H17F3N2O2/c22-21(23,24)15-9-6-10-16(13-15)26-19(27)17(14-7-2-1-3-8-14)18(20(26)28)25-11-4-5-12-25/h1-3,6-10,13H,4-5,11-12H2. The van der Waals surface area contributed by atoms with Crippen molar-refractivity contribution in [1.29, 1.82) is 0 Å². The topological polar surface area (TPSA) is 40.6 Å². The number of carbonyl (C=O) groups is 2. The molecule has 2 heterocycles. The lowest BCUT2D eigenvalue weighted by molar-refractivity contribution is -0.137. The number of carbonyl (C=O) groups excluding carboxylic acids is 2. The maximum absolute atomic E-state index is 13.2. The molecule has 4 rings (SSSR count). The van der Waals surface area contributed by atoms with Crippen LogP contribution < -0.4 is 4.90 Å². The minimum atomic E-state index is -4.56. The summed E-state index contributed by atoms with van der Waals surface area (Å²) in [5, 5.41) is 0. The second kappa shape index (κ2) is 6.82. The number of hydrogen-bond donors (Lipinski definition) is 0. The van der Waals surface area contributed by atoms with Crippen LogP contribution in [-0.4, -0.2) is 29.8 Å². The van der Waals surface area contributed by atoms with Crippen molar-refractivity contribution in [3.63, 3.8) is 0 Å². The molecule has 0 N–H and O–H groups in total. The first-order chi connectivity index (χ1) is 13.4. The third-order valence-electron chi connectivity index (χ3n) is 4.98. The fourth-order valence-electron chi connectivity index (χ4n) is 3.67. The second-order valence-corrected chi connectivity index (χ2v) is 6.78. The lowest BCUT2D eigenvalue weighted by atomic mass is 10.0. The van der Waals surface area contributed by atoms with E-state index in [0.29, 0.717) is 18.7 Å². The highest BCUT2D eigenvalue weighted by Crippen LogP contribution is 2.38. The number of halogens is 3. The van der Waals surface area contributed by atoms with Gasteiger partial charge in [-0.25, -0.2) is 4.90 Å². The van der Waals surface area contributed by atoms with Crippen molar-refractivity contribution in [2.75, 3.05) is 18.0 Å². The SMILES string of the molecule is O=C1C(c2ccccc2)=C(N2CCCC2)C(=O)N1c1cccc(C(F)(F)F)c1. The van der Waals surface area contributed by atoms with Crippen molar-refractivity contribution in [1.82, 2.24) is 4.90 Å². The molecule has 28 heavy (non-hydrogen) atoms. The number of amides is 2. The number of imide groups is 1. The van der Waals surface area contributed by atoms with Crippen molar-refractivity contribution in [2.24, 2.45) is 0 Å². The number of nitrogens with zero attached hydrogens (tertiary/aromatic N) is 2. The van der Waals surface area contributed by atoms with Crippen LogP contribution in [0.5, 0.6) is 0 Å². The van der Waals surface area contributed by atoms with Crippen LogP contribution in [0.1, 0.15) is 24.0 Å². The van der Waals surface area contributed by atoms with E-state index in [9.17, 15) is 22.8 Å². The molecule has 0 spiro atoms. The van der Waals surface area contributed by atoms with Crippen LogP contribution in [-0.2, 0) is 15.8 Å². The molecule has 0 atom stereocenters. The molecule has 2 aromatic rings. The molecule has 2 aromatic carbocycles. The van der Waals surface area contributed by atoms with Crippen LogP contribution in [0.3, 0.4) is 0 Å². The van der Waals surface area contributed by atoms with Crippen molar-refractivity contribution in [2.45, 2.75) is 19.0 Å². The van der Waals surface area contributed by atoms with Gasteiger partial charge in [-0.05, 0) is 36.6 Å². The molecule has 0 aliphatic carbocycles. The summed E-state index contributed by atoms with van der Waals surface area (Å²) < 4.78 is 39.3. The third kappa shape index (κ3) is 3.06. The maximum atomic E-state index is 13.2. The van der Waals surface area contributed by atoms with E-state index in [2.05, 4.69) is 0 Å². The van der Waals surface area contributed by atoms with E-state index < -0.39 is 23.6 Å². The summed E-state index contributed by atoms with van der Waals surface area (Å²) in [7, 11) is 0. The Morgan fingerprint density at radius 2 is 1.50 bits per heavy atom. The zero-order chi connectivity index (χ0) is 19.9. The van der Waals surface area contributed by atoms with Gasteiger partial charge in [-0.15, -0.1) is 0 Å². The Hall–Kier alpha value is -3.09. The summed E-state index contributed by atoms with van der Waals surface area (Å²) in [5.41, 5.74) is 0.113. The molecule has 0 unspecified atom stereocenters. The van der Waals surface area contributed by atoms with E-state index in [0.717, 1.165) is 29.9 Å². The van der Waals surface area contributed by atoms with Gasteiger partial charge in [0, 0.05) is 13.1 Å². The second-order valence-electron chi connectivity index (χ2n) is 6.78. The van der Waals surface area contributed by atoms with Gasteiger partial charge in [-0.1, -0.05) is 36.4 Å². The highest BCUT2D eigenvalue weighted by atomic mass is 19.4. The molecular formula is C21H17F3N2O2. The molecule has 0 aromatic heterocycles. The van der Waals surface area contributed by atoms with Crippen molar-refractivity contribution in [3.8, 4) is 0 Å². The maximum Gasteiger partial charge on any atom is 0.416 e. The number of hydrogen-bond acceptors (Lipinski definition) is 3. The van der Waals surface area contributed by atoms with Crippen LogP contribution in [0.2, 0.25) is 0 Å². The first-order valence-corrected chi connectivity index (χ1v) is 8.98. The molecular weight excluding hydrogens is 369 g/mol. The fraction of sp³-hybridized carbons (Fsp3) is 0.238. The van der Waals surface area contributed by atoms with Gasteiger partial charge in [0.2, 0.25) is 0 Å². The van der Waals surface area contributed by atoms with E-state index in [1.54, 1.807) is 30.3 Å². The largest absolute Gasteiger partial charge is 0.416 e. The van der Waals surface area contributed by atoms with Gasteiger partial charge in [0.05, 0.1) is 16.8 Å². The minimum absolute atomic E-state index is 0.0764. The Balaban J connectivity index is 1.81. The van der Waals surface area contributed by atoms with Gasteiger partial charge in [0.25, 0.3) is 11.8 Å². The Kier molecular flexibility index (Phi) is 4.45. The summed E-state index contributed by atoms with van der Waals surface area (Å²) in [6.07, 6.45) is -2.76. The Morgan fingerprint density at radius 3 is 2.14 bits per heavy atom. The van der Waals surface area contributed by atoms with E-state index in [4.69, 9.17) is 0 Å². The lowest BCUT2D eigenvalue weighted by Gasteiger charge is -2.20. The van der Waals surface area contributed by atoms with Crippen molar-refractivity contribution in [3.05, 3.63) is 71.4 Å². The average Bonchev–Trinajstić information content (AvgIpc) is 3.28. The molecule has 1 saturated heterocycles. The monoisotopic (exact) mass is 386 g/mol. The van der Waals surface area contributed by atoms with Crippen molar-refractivity contribution < 1.29 is 22.8 Å². The quantitative estimate of drug-likeness (QED) is 0.747. The van der Waals surface area contributed by atoms with Gasteiger partial charge in [0.1, 0.15) is 5.70 Å². The smallest absolute Gasteiger partial charge is 0.366 e. The fourth-order valence-corrected chi connectivity index (χ4v) is 3.67. The molecule has 0 saturated carbocycles. The molecule has 0 radical (unpaired) electrons. The summed E-state index contributed by atoms with van der Waals surface area (Å²) >= 11 is 0. The predicted molar refractivity (Wildman–Crippen MR) is 98.1 cm³/mol. The van der Waals surface area contributed by atoms with Gasteiger partial charge >= 0.3 is 6.18 Å². The summed E-state index contributed by atoms with van der Waals surface area (Å²) in [4.78, 5) is 29.1. The van der Waals surface area contributed by atoms with Gasteiger partial charge < -0.3 is 4.90 Å². The first-order valence-electron chi connectivity index (χ1n) is 8.98. The van der Waals surface area contributed by atoms with E-state index in [1.807, 2.05) is 4.90 Å². The predicted octanol–water partition coefficient (Wildman–Crippen LogP) is 4.09. The number of alkyl halides is 3. The van der Waals surface area contributed by atoms with E-state index in [-0.39, 0.29) is 17.0 Å². The number of benzene rings is 2. The summed E-state index contributed by atoms with van der Waals surface area (Å²) in [6.45, 7) is 1.28.